The first-order chi connectivity index (χ1) is 9.56. The fourth-order valence-corrected chi connectivity index (χ4v) is 1.30. The van der Waals surface area contributed by atoms with Gasteiger partial charge < -0.3 is 10.2 Å². The van der Waals surface area contributed by atoms with Gasteiger partial charge >= 0.3 is 11.9 Å². The van der Waals surface area contributed by atoms with Crippen molar-refractivity contribution in [3.05, 3.63) is 47.8 Å². The first-order valence-electron chi connectivity index (χ1n) is 5.39. The van der Waals surface area contributed by atoms with Gasteiger partial charge in [-0.1, -0.05) is 12.1 Å². The number of carbonyl (C=O) groups is 2. The number of nitrogens with zero attached hydrogens (tertiary/aromatic N) is 4. The molecule has 0 aliphatic carbocycles. The lowest BCUT2D eigenvalue weighted by molar-refractivity contribution is 0.0680. The summed E-state index contributed by atoms with van der Waals surface area (Å²) in [5.74, 6) is -2.17. The van der Waals surface area contributed by atoms with Crippen LogP contribution in [0.1, 0.15) is 21.0 Å². The maximum atomic E-state index is 10.7. The smallest absolute Gasteiger partial charge is 0.354 e. The van der Waals surface area contributed by atoms with Crippen molar-refractivity contribution in [2.75, 3.05) is 0 Å². The predicted octanol–water partition coefficient (Wildman–Crippen LogP) is 2.29. The normalized spacial score (nSPS) is 10.6. The molecule has 0 fully saturated rings. The molecular weight excluding hydrogens is 264 g/mol. The van der Waals surface area contributed by atoms with Gasteiger partial charge in [-0.3, -0.25) is 0 Å². The molecule has 2 aromatic rings. The molecule has 0 aliphatic heterocycles. The van der Waals surface area contributed by atoms with Crippen molar-refractivity contribution in [1.29, 1.82) is 0 Å². The Morgan fingerprint density at radius 2 is 1.20 bits per heavy atom. The highest BCUT2D eigenvalue weighted by Crippen LogP contribution is 2.15. The van der Waals surface area contributed by atoms with Gasteiger partial charge in [0.1, 0.15) is 0 Å². The van der Waals surface area contributed by atoms with E-state index in [1.54, 1.807) is 0 Å². The molecular formula is C12H8N4O4. The predicted molar refractivity (Wildman–Crippen MR) is 66.6 cm³/mol. The Balaban J connectivity index is 2.25. The standard InChI is InChI=1S/C12H8N4O4/c17-11(18)7-3-1-5-9(13-7)15-16-10-6-2-4-8(14-10)12(19)20/h1-6H,(H,17,18)(H,19,20)/b16-15+. The molecule has 0 unspecified atom stereocenters. The van der Waals surface area contributed by atoms with Crippen LogP contribution in [0.25, 0.3) is 0 Å². The van der Waals surface area contributed by atoms with Crippen LogP contribution in [-0.2, 0) is 0 Å². The molecule has 0 saturated carbocycles. The summed E-state index contributed by atoms with van der Waals surface area (Å²) in [7, 11) is 0. The minimum atomic E-state index is -1.17. The van der Waals surface area contributed by atoms with Gasteiger partial charge in [0, 0.05) is 0 Å². The third-order valence-corrected chi connectivity index (χ3v) is 2.16. The molecule has 2 aromatic heterocycles. The summed E-state index contributed by atoms with van der Waals surface area (Å²) in [5.41, 5.74) is -0.317. The number of azo groups is 1. The third-order valence-electron chi connectivity index (χ3n) is 2.16. The Morgan fingerprint density at radius 3 is 1.55 bits per heavy atom. The van der Waals surface area contributed by atoms with E-state index >= 15 is 0 Å². The Labute approximate surface area is 112 Å². The quantitative estimate of drug-likeness (QED) is 0.822. The second-order valence-electron chi connectivity index (χ2n) is 3.57. The van der Waals surface area contributed by atoms with Gasteiger partial charge in [0.2, 0.25) is 0 Å². The minimum Gasteiger partial charge on any atom is -0.477 e. The monoisotopic (exact) mass is 272 g/mol. The molecule has 20 heavy (non-hydrogen) atoms. The van der Waals surface area contributed by atoms with E-state index in [1.165, 1.54) is 36.4 Å². The molecule has 0 amide bonds. The van der Waals surface area contributed by atoms with Crippen molar-refractivity contribution in [2.45, 2.75) is 0 Å². The second-order valence-corrected chi connectivity index (χ2v) is 3.57. The summed E-state index contributed by atoms with van der Waals surface area (Å²) >= 11 is 0. The van der Waals surface area contributed by atoms with Crippen molar-refractivity contribution in [2.24, 2.45) is 10.2 Å². The number of hydrogen-bond acceptors (Lipinski definition) is 6. The minimum absolute atomic E-state index is 0.0902. The van der Waals surface area contributed by atoms with Crippen molar-refractivity contribution < 1.29 is 19.8 Å². The van der Waals surface area contributed by atoms with E-state index in [-0.39, 0.29) is 23.0 Å². The van der Waals surface area contributed by atoms with Crippen LogP contribution in [-0.4, -0.2) is 32.1 Å². The van der Waals surface area contributed by atoms with E-state index in [2.05, 4.69) is 20.2 Å². The summed E-state index contributed by atoms with van der Waals surface area (Å²) in [4.78, 5) is 29.0. The highest BCUT2D eigenvalue weighted by Gasteiger charge is 2.06. The number of aromatic nitrogens is 2. The van der Waals surface area contributed by atoms with Crippen LogP contribution in [0.15, 0.2) is 46.6 Å². The molecule has 100 valence electrons. The van der Waals surface area contributed by atoms with E-state index < -0.39 is 11.9 Å². The lowest BCUT2D eigenvalue weighted by Crippen LogP contribution is -1.99. The first kappa shape index (κ1) is 13.3. The van der Waals surface area contributed by atoms with Crippen LogP contribution in [0.5, 0.6) is 0 Å². The maximum absolute atomic E-state index is 10.7. The number of pyridine rings is 2. The summed E-state index contributed by atoms with van der Waals surface area (Å²) in [5, 5.41) is 25.0. The average molecular weight is 272 g/mol. The van der Waals surface area contributed by atoms with Gasteiger partial charge in [-0.25, -0.2) is 19.6 Å². The number of hydrogen-bond donors (Lipinski definition) is 2. The maximum Gasteiger partial charge on any atom is 0.354 e. The lowest BCUT2D eigenvalue weighted by Gasteiger charge is -1.96. The lowest BCUT2D eigenvalue weighted by atomic mass is 10.3. The summed E-state index contributed by atoms with van der Waals surface area (Å²) in [6.45, 7) is 0. The number of carboxylic acid groups (broad SMARTS) is 2. The molecule has 0 bridgehead atoms. The Morgan fingerprint density at radius 1 is 0.800 bits per heavy atom. The van der Waals surface area contributed by atoms with Gasteiger partial charge in [-0.05, 0) is 24.3 Å². The molecule has 2 rings (SSSR count). The topological polar surface area (TPSA) is 125 Å². The van der Waals surface area contributed by atoms with Gasteiger partial charge in [0.15, 0.2) is 23.0 Å². The van der Waals surface area contributed by atoms with Gasteiger partial charge in [0.05, 0.1) is 0 Å². The molecule has 0 saturated heterocycles. The van der Waals surface area contributed by atoms with Gasteiger partial charge in [-0.15, -0.1) is 10.2 Å². The Kier molecular flexibility index (Phi) is 3.75. The largest absolute Gasteiger partial charge is 0.477 e. The van der Waals surface area contributed by atoms with Crippen LogP contribution in [0.3, 0.4) is 0 Å². The molecule has 8 heteroatoms. The molecule has 0 atom stereocenters. The van der Waals surface area contributed by atoms with E-state index in [0.717, 1.165) is 0 Å². The third kappa shape index (κ3) is 3.19. The zero-order valence-corrected chi connectivity index (χ0v) is 9.96. The summed E-state index contributed by atoms with van der Waals surface area (Å²) in [6.07, 6.45) is 0. The number of aromatic carboxylic acids is 2. The molecule has 0 spiro atoms. The summed E-state index contributed by atoms with van der Waals surface area (Å²) < 4.78 is 0. The van der Waals surface area contributed by atoms with E-state index in [4.69, 9.17) is 10.2 Å². The van der Waals surface area contributed by atoms with Crippen LogP contribution in [0.4, 0.5) is 11.6 Å². The molecule has 2 heterocycles. The molecule has 0 radical (unpaired) electrons. The van der Waals surface area contributed by atoms with Gasteiger partial charge in [-0.2, -0.15) is 0 Å². The van der Waals surface area contributed by atoms with Crippen molar-refractivity contribution in [3.63, 3.8) is 0 Å². The van der Waals surface area contributed by atoms with E-state index in [0.29, 0.717) is 0 Å². The highest BCUT2D eigenvalue weighted by atomic mass is 16.4. The average Bonchev–Trinajstić information content (AvgIpc) is 2.45. The first-order valence-corrected chi connectivity index (χ1v) is 5.39. The van der Waals surface area contributed by atoms with E-state index in [9.17, 15) is 9.59 Å². The molecule has 0 aliphatic rings. The second kappa shape index (κ2) is 5.65. The molecule has 2 N–H and O–H groups in total. The van der Waals surface area contributed by atoms with Crippen molar-refractivity contribution in [3.8, 4) is 0 Å². The Bertz CT molecular complexity index is 640. The highest BCUT2D eigenvalue weighted by molar-refractivity contribution is 5.86. The van der Waals surface area contributed by atoms with Crippen LogP contribution >= 0.6 is 0 Å². The van der Waals surface area contributed by atoms with Crippen LogP contribution in [0, 0.1) is 0 Å². The van der Waals surface area contributed by atoms with Crippen molar-refractivity contribution in [1.82, 2.24) is 9.97 Å². The number of rotatable bonds is 4. The fourth-order valence-electron chi connectivity index (χ4n) is 1.30. The van der Waals surface area contributed by atoms with Crippen molar-refractivity contribution >= 4 is 23.6 Å². The fraction of sp³-hybridized carbons (Fsp3) is 0. The van der Waals surface area contributed by atoms with Gasteiger partial charge in [0.25, 0.3) is 0 Å². The van der Waals surface area contributed by atoms with Crippen LogP contribution < -0.4 is 0 Å². The van der Waals surface area contributed by atoms with E-state index in [1.807, 2.05) is 0 Å². The molecule has 8 nitrogen and oxygen atoms in total. The SMILES string of the molecule is O=C(O)c1cccc(/N=N/c2cccc(C(=O)O)n2)n1. The van der Waals surface area contributed by atoms with Crippen LogP contribution in [0.2, 0.25) is 0 Å². The number of carboxylic acids is 2. The molecule has 0 aromatic carbocycles. The zero-order valence-electron chi connectivity index (χ0n) is 9.96. The Hall–Kier alpha value is -3.16. The summed E-state index contributed by atoms with van der Waals surface area (Å²) in [6, 6.07) is 8.54. The zero-order chi connectivity index (χ0) is 14.5.